The number of methoxy groups -OCH3 is 2. The van der Waals surface area contributed by atoms with E-state index >= 15 is 0 Å². The van der Waals surface area contributed by atoms with Gasteiger partial charge in [-0.1, -0.05) is 18.2 Å². The van der Waals surface area contributed by atoms with Gasteiger partial charge in [-0.2, -0.15) is 0 Å². The topological polar surface area (TPSA) is 94.1 Å². The molecule has 3 aromatic carbocycles. The maximum absolute atomic E-state index is 13.0. The van der Waals surface area contributed by atoms with Gasteiger partial charge in [0.25, 0.3) is 0 Å². The number of benzene rings is 3. The molecule has 0 bridgehead atoms. The fourth-order valence-corrected chi connectivity index (χ4v) is 4.00. The van der Waals surface area contributed by atoms with Gasteiger partial charge in [0.05, 0.1) is 14.2 Å². The van der Waals surface area contributed by atoms with Crippen molar-refractivity contribution in [3.63, 3.8) is 0 Å². The number of phosphoric acid groups is 1. The van der Waals surface area contributed by atoms with Crippen LogP contribution in [-0.2, 0) is 4.57 Å². The zero-order chi connectivity index (χ0) is 22.6. The van der Waals surface area contributed by atoms with E-state index in [4.69, 9.17) is 18.5 Å². The zero-order valence-corrected chi connectivity index (χ0v) is 21.5. The average Bonchev–Trinajstić information content (AvgIpc) is 2.75. The predicted molar refractivity (Wildman–Crippen MR) is 114 cm³/mol. The number of hydrogen-bond donors (Lipinski definition) is 0. The van der Waals surface area contributed by atoms with Gasteiger partial charge in [0.2, 0.25) is 0 Å². The van der Waals surface area contributed by atoms with Crippen molar-refractivity contribution >= 4 is 13.6 Å². The SMILES string of the molecule is COc1cc(OC)cc(C(=O)c2cc(C)c(OP(=O)([O-])Oc3ccccc3)c(C)c2)c1.[Na+]. The quantitative estimate of drug-likeness (QED) is 0.283. The van der Waals surface area contributed by atoms with E-state index in [2.05, 4.69) is 0 Å². The number of hydrogen-bond acceptors (Lipinski definition) is 7. The second-order valence-corrected chi connectivity index (χ2v) is 8.07. The largest absolute Gasteiger partial charge is 1.00 e. The monoisotopic (exact) mass is 464 g/mol. The molecule has 3 aromatic rings. The first kappa shape index (κ1) is 26.0. The Morgan fingerprint density at radius 1 is 0.781 bits per heavy atom. The minimum atomic E-state index is -4.68. The van der Waals surface area contributed by atoms with Crippen LogP contribution in [0.2, 0.25) is 0 Å². The molecule has 0 aliphatic rings. The molecule has 1 atom stereocenters. The molecule has 0 saturated carbocycles. The number of aryl methyl sites for hydroxylation is 2. The Morgan fingerprint density at radius 3 is 1.78 bits per heavy atom. The fraction of sp³-hybridized carbons (Fsp3) is 0.174. The minimum absolute atomic E-state index is 0. The molecule has 0 fully saturated rings. The first-order chi connectivity index (χ1) is 14.7. The molecule has 0 radical (unpaired) electrons. The van der Waals surface area contributed by atoms with E-state index in [0.717, 1.165) is 0 Å². The molecule has 0 heterocycles. The van der Waals surface area contributed by atoms with Crippen LogP contribution >= 0.6 is 7.82 Å². The summed E-state index contributed by atoms with van der Waals surface area (Å²) >= 11 is 0. The van der Waals surface area contributed by atoms with Crippen molar-refractivity contribution in [2.24, 2.45) is 0 Å². The van der Waals surface area contributed by atoms with E-state index in [1.54, 1.807) is 62.4 Å². The van der Waals surface area contributed by atoms with Gasteiger partial charge < -0.3 is 23.4 Å². The van der Waals surface area contributed by atoms with Gasteiger partial charge in [0.1, 0.15) is 23.0 Å². The summed E-state index contributed by atoms with van der Waals surface area (Å²) in [5, 5.41) is 0. The number of phosphoric ester groups is 1. The van der Waals surface area contributed by atoms with Crippen LogP contribution in [-0.4, -0.2) is 20.0 Å². The third-order valence-corrected chi connectivity index (χ3v) is 5.34. The van der Waals surface area contributed by atoms with Crippen molar-refractivity contribution in [2.45, 2.75) is 13.8 Å². The van der Waals surface area contributed by atoms with Crippen molar-refractivity contribution in [1.29, 1.82) is 0 Å². The summed E-state index contributed by atoms with van der Waals surface area (Å²) in [6, 6.07) is 16.1. The van der Waals surface area contributed by atoms with E-state index in [1.807, 2.05) is 0 Å². The smallest absolute Gasteiger partial charge is 0.736 e. The van der Waals surface area contributed by atoms with E-state index in [9.17, 15) is 14.3 Å². The van der Waals surface area contributed by atoms with Crippen LogP contribution in [0.15, 0.2) is 60.7 Å². The van der Waals surface area contributed by atoms with Gasteiger partial charge in [0, 0.05) is 17.2 Å². The average molecular weight is 464 g/mol. The normalized spacial score (nSPS) is 12.2. The Morgan fingerprint density at radius 2 is 1.28 bits per heavy atom. The first-order valence-electron chi connectivity index (χ1n) is 9.36. The van der Waals surface area contributed by atoms with Gasteiger partial charge in [-0.25, -0.2) is 4.57 Å². The molecule has 0 spiro atoms. The molecular weight excluding hydrogens is 442 g/mol. The van der Waals surface area contributed by atoms with Crippen molar-refractivity contribution in [3.8, 4) is 23.0 Å². The Labute approximate surface area is 209 Å². The van der Waals surface area contributed by atoms with Crippen LogP contribution in [0.1, 0.15) is 27.0 Å². The van der Waals surface area contributed by atoms with Crippen molar-refractivity contribution in [2.75, 3.05) is 14.2 Å². The fourth-order valence-electron chi connectivity index (χ4n) is 3.07. The summed E-state index contributed by atoms with van der Waals surface area (Å²) in [4.78, 5) is 25.4. The van der Waals surface area contributed by atoms with Gasteiger partial charge >= 0.3 is 37.4 Å². The molecule has 0 amide bonds. The third-order valence-electron chi connectivity index (χ3n) is 4.50. The molecule has 0 N–H and O–H groups in total. The number of para-hydroxylation sites is 1. The van der Waals surface area contributed by atoms with Crippen LogP contribution < -0.4 is 53.0 Å². The summed E-state index contributed by atoms with van der Waals surface area (Å²) in [6.07, 6.45) is 0. The molecule has 0 saturated heterocycles. The molecule has 9 heteroatoms. The summed E-state index contributed by atoms with van der Waals surface area (Å²) in [6.45, 7) is 3.32. The maximum atomic E-state index is 13.0. The zero-order valence-electron chi connectivity index (χ0n) is 18.6. The van der Waals surface area contributed by atoms with Crippen LogP contribution in [0.3, 0.4) is 0 Å². The summed E-state index contributed by atoms with van der Waals surface area (Å²) < 4.78 is 33.0. The number of ketones is 1. The van der Waals surface area contributed by atoms with E-state index in [1.165, 1.54) is 26.4 Å². The minimum Gasteiger partial charge on any atom is -0.736 e. The van der Waals surface area contributed by atoms with E-state index in [-0.39, 0.29) is 46.8 Å². The van der Waals surface area contributed by atoms with Crippen LogP contribution in [0.25, 0.3) is 0 Å². The van der Waals surface area contributed by atoms with Gasteiger partial charge in [-0.05, 0) is 61.4 Å². The van der Waals surface area contributed by atoms with E-state index in [0.29, 0.717) is 33.8 Å². The van der Waals surface area contributed by atoms with Crippen molar-refractivity contribution in [1.82, 2.24) is 0 Å². The number of carbonyl (C=O) groups excluding carboxylic acids is 1. The summed E-state index contributed by atoms with van der Waals surface area (Å²) in [5.41, 5.74) is 1.71. The molecule has 3 rings (SSSR count). The van der Waals surface area contributed by atoms with Gasteiger partial charge in [-0.15, -0.1) is 0 Å². The standard InChI is InChI=1S/C23H23O7P.Na/c1-15-10-17(22(24)18-12-20(27-3)14-21(13-18)28-4)11-16(2)23(15)30-31(25,26)29-19-8-6-5-7-9-19;/h5-14H,1-4H3,(H,25,26);/q;+1/p-1. The van der Waals surface area contributed by atoms with Crippen LogP contribution in [0.5, 0.6) is 23.0 Å². The molecule has 1 unspecified atom stereocenters. The van der Waals surface area contributed by atoms with Gasteiger partial charge in [-0.3, -0.25) is 4.79 Å². The maximum Gasteiger partial charge on any atom is 1.00 e. The Bertz CT molecular complexity index is 1100. The van der Waals surface area contributed by atoms with Crippen LogP contribution in [0, 0.1) is 13.8 Å². The number of carbonyl (C=O) groups is 1. The molecule has 0 aromatic heterocycles. The van der Waals surface area contributed by atoms with Crippen molar-refractivity contribution in [3.05, 3.63) is 82.9 Å². The Kier molecular flexibility index (Phi) is 8.96. The molecule has 162 valence electrons. The molecule has 0 aliphatic carbocycles. The molecular formula is C23H22NaO7P. The predicted octanol–water partition coefficient (Wildman–Crippen LogP) is 1.48. The molecule has 0 aliphatic heterocycles. The third kappa shape index (κ3) is 6.37. The Balaban J connectivity index is 0.00000363. The molecule has 7 nitrogen and oxygen atoms in total. The molecule has 32 heavy (non-hydrogen) atoms. The second-order valence-electron chi connectivity index (χ2n) is 6.81. The summed E-state index contributed by atoms with van der Waals surface area (Å²) in [7, 11) is -1.67. The first-order valence-corrected chi connectivity index (χ1v) is 10.8. The number of ether oxygens (including phenoxy) is 2. The van der Waals surface area contributed by atoms with Crippen LogP contribution in [0.4, 0.5) is 0 Å². The summed E-state index contributed by atoms with van der Waals surface area (Å²) in [5.74, 6) is 0.979. The van der Waals surface area contributed by atoms with Crippen molar-refractivity contribution < 1.29 is 62.3 Å². The van der Waals surface area contributed by atoms with E-state index < -0.39 is 7.82 Å². The second kappa shape index (κ2) is 11.0. The van der Waals surface area contributed by atoms with Gasteiger partial charge in [0.15, 0.2) is 5.78 Å². The number of rotatable bonds is 8. The Hall–Kier alpha value is -2.28.